The molecule has 1 N–H and O–H groups in total. The third kappa shape index (κ3) is 1.67. The molecular weight excluding hydrogens is 289 g/mol. The van der Waals surface area contributed by atoms with Crippen LogP contribution in [0.5, 0.6) is 0 Å². The fourth-order valence-corrected chi connectivity index (χ4v) is 2.52. The van der Waals surface area contributed by atoms with Crippen molar-refractivity contribution in [3.8, 4) is 0 Å². The molecule has 1 aromatic heterocycles. The Morgan fingerprint density at radius 2 is 2.36 bits per heavy atom. The van der Waals surface area contributed by atoms with E-state index in [0.717, 1.165) is 35.1 Å². The Labute approximate surface area is 97.9 Å². The summed E-state index contributed by atoms with van der Waals surface area (Å²) >= 11 is 2.20. The van der Waals surface area contributed by atoms with E-state index in [4.69, 9.17) is 0 Å². The lowest BCUT2D eigenvalue weighted by Gasteiger charge is -2.32. The molecule has 1 aromatic rings. The maximum Gasteiger partial charge on any atom is 0.107 e. The molecule has 1 atom stereocenters. The first-order valence-corrected chi connectivity index (χ1v) is 6.12. The highest BCUT2D eigenvalue weighted by Gasteiger charge is 2.34. The van der Waals surface area contributed by atoms with E-state index in [1.54, 1.807) is 0 Å². The summed E-state index contributed by atoms with van der Waals surface area (Å²) in [6, 6.07) is 4.12. The van der Waals surface area contributed by atoms with Gasteiger partial charge in [0, 0.05) is 0 Å². The molecular formula is C11H14INO. The molecule has 2 nitrogen and oxygen atoms in total. The minimum absolute atomic E-state index is 0.672. The molecule has 3 heteroatoms. The Kier molecular flexibility index (Phi) is 2.79. The highest BCUT2D eigenvalue weighted by molar-refractivity contribution is 14.1. The number of hydrogen-bond donors (Lipinski definition) is 1. The van der Waals surface area contributed by atoms with Gasteiger partial charge in [0.05, 0.1) is 5.69 Å². The van der Waals surface area contributed by atoms with Crippen LogP contribution in [0.25, 0.3) is 0 Å². The fourth-order valence-electron chi connectivity index (χ4n) is 2.10. The number of aliphatic hydroxyl groups is 1. The number of hydrogen-bond acceptors (Lipinski definition) is 2. The summed E-state index contributed by atoms with van der Waals surface area (Å²) < 4.78 is 0.968. The van der Waals surface area contributed by atoms with Crippen LogP contribution in [0.2, 0.25) is 0 Å². The molecule has 0 bridgehead atoms. The number of aromatic nitrogens is 1. The number of pyridine rings is 1. The van der Waals surface area contributed by atoms with E-state index in [2.05, 4.69) is 33.6 Å². The standard InChI is InChI=1S/C11H14INO/c1-2-11(14)7-3-4-8-5-6-9(12)13-10(8)11/h5-6,14H,2-4,7H2,1H3/t11-/m1/s1. The summed E-state index contributed by atoms with van der Waals surface area (Å²) in [5.74, 6) is 0. The predicted octanol–water partition coefficient (Wildman–Crippen LogP) is 2.62. The third-order valence-electron chi connectivity index (χ3n) is 3.01. The highest BCUT2D eigenvalue weighted by Crippen LogP contribution is 2.36. The number of halogens is 1. The third-order valence-corrected chi connectivity index (χ3v) is 3.61. The Morgan fingerprint density at radius 3 is 3.07 bits per heavy atom. The van der Waals surface area contributed by atoms with E-state index in [-0.39, 0.29) is 0 Å². The zero-order valence-corrected chi connectivity index (χ0v) is 10.4. The summed E-state index contributed by atoms with van der Waals surface area (Å²) in [6.07, 6.45) is 3.73. The average Bonchev–Trinajstić information content (AvgIpc) is 2.20. The van der Waals surface area contributed by atoms with Crippen LogP contribution in [0.1, 0.15) is 37.4 Å². The van der Waals surface area contributed by atoms with Crippen LogP contribution in [0.15, 0.2) is 12.1 Å². The van der Waals surface area contributed by atoms with Crippen molar-refractivity contribution in [3.05, 3.63) is 27.1 Å². The van der Waals surface area contributed by atoms with E-state index < -0.39 is 5.60 Å². The Hall–Kier alpha value is -0.160. The van der Waals surface area contributed by atoms with Gasteiger partial charge in [0.15, 0.2) is 0 Å². The predicted molar refractivity (Wildman–Crippen MR) is 64.1 cm³/mol. The molecule has 1 aliphatic carbocycles. The molecule has 0 radical (unpaired) electrons. The molecule has 0 spiro atoms. The van der Waals surface area contributed by atoms with Gasteiger partial charge in [-0.15, -0.1) is 0 Å². The van der Waals surface area contributed by atoms with Crippen LogP contribution in [-0.4, -0.2) is 10.1 Å². The first-order valence-electron chi connectivity index (χ1n) is 5.04. The van der Waals surface area contributed by atoms with Crippen LogP contribution >= 0.6 is 22.6 Å². The second-order valence-corrected chi connectivity index (χ2v) is 4.99. The van der Waals surface area contributed by atoms with Gasteiger partial charge in [-0.2, -0.15) is 0 Å². The number of nitrogens with zero attached hydrogens (tertiary/aromatic N) is 1. The SMILES string of the molecule is CC[C@@]1(O)CCCc2ccc(I)nc21. The lowest BCUT2D eigenvalue weighted by atomic mass is 9.81. The molecule has 0 amide bonds. The summed E-state index contributed by atoms with van der Waals surface area (Å²) in [5, 5.41) is 10.4. The minimum Gasteiger partial charge on any atom is -0.384 e. The minimum atomic E-state index is -0.672. The Morgan fingerprint density at radius 1 is 1.57 bits per heavy atom. The van der Waals surface area contributed by atoms with Crippen molar-refractivity contribution < 1.29 is 5.11 Å². The number of aryl methyl sites for hydroxylation is 1. The van der Waals surface area contributed by atoms with Gasteiger partial charge in [-0.25, -0.2) is 4.98 Å². The van der Waals surface area contributed by atoms with Gasteiger partial charge >= 0.3 is 0 Å². The van der Waals surface area contributed by atoms with Gasteiger partial charge < -0.3 is 5.11 Å². The van der Waals surface area contributed by atoms with Gasteiger partial charge in [-0.05, 0) is 59.9 Å². The van der Waals surface area contributed by atoms with Gasteiger partial charge in [0.2, 0.25) is 0 Å². The quantitative estimate of drug-likeness (QED) is 0.639. The molecule has 14 heavy (non-hydrogen) atoms. The van der Waals surface area contributed by atoms with Crippen LogP contribution < -0.4 is 0 Å². The first-order chi connectivity index (χ1) is 6.65. The van der Waals surface area contributed by atoms with E-state index in [1.807, 2.05) is 13.0 Å². The largest absolute Gasteiger partial charge is 0.384 e. The van der Waals surface area contributed by atoms with Crippen molar-refractivity contribution in [1.29, 1.82) is 0 Å². The smallest absolute Gasteiger partial charge is 0.107 e. The zero-order chi connectivity index (χ0) is 10.2. The fraction of sp³-hybridized carbons (Fsp3) is 0.545. The van der Waals surface area contributed by atoms with Crippen LogP contribution in [0.4, 0.5) is 0 Å². The normalized spacial score (nSPS) is 25.9. The summed E-state index contributed by atoms with van der Waals surface area (Å²) in [7, 11) is 0. The van der Waals surface area contributed by atoms with Crippen molar-refractivity contribution >= 4 is 22.6 Å². The van der Waals surface area contributed by atoms with Crippen molar-refractivity contribution in [2.75, 3.05) is 0 Å². The molecule has 1 heterocycles. The monoisotopic (exact) mass is 303 g/mol. The summed E-state index contributed by atoms with van der Waals surface area (Å²) in [5.41, 5.74) is 1.47. The van der Waals surface area contributed by atoms with Crippen molar-refractivity contribution in [1.82, 2.24) is 4.98 Å². The second kappa shape index (κ2) is 3.77. The van der Waals surface area contributed by atoms with Gasteiger partial charge in [0.1, 0.15) is 9.30 Å². The van der Waals surface area contributed by atoms with Gasteiger partial charge in [0.25, 0.3) is 0 Å². The zero-order valence-electron chi connectivity index (χ0n) is 8.26. The van der Waals surface area contributed by atoms with Crippen LogP contribution in [0, 0.1) is 3.70 Å². The van der Waals surface area contributed by atoms with Crippen molar-refractivity contribution in [2.24, 2.45) is 0 Å². The summed E-state index contributed by atoms with van der Waals surface area (Å²) in [6.45, 7) is 2.02. The molecule has 0 aliphatic heterocycles. The highest BCUT2D eigenvalue weighted by atomic mass is 127. The molecule has 76 valence electrons. The lowest BCUT2D eigenvalue weighted by molar-refractivity contribution is 0.0101. The van der Waals surface area contributed by atoms with E-state index in [0.29, 0.717) is 0 Å². The van der Waals surface area contributed by atoms with E-state index in [1.165, 1.54) is 5.56 Å². The molecule has 0 unspecified atom stereocenters. The Balaban J connectivity index is 2.52. The number of fused-ring (bicyclic) bond motifs is 1. The molecule has 0 fully saturated rings. The van der Waals surface area contributed by atoms with E-state index in [9.17, 15) is 5.11 Å². The lowest BCUT2D eigenvalue weighted by Crippen LogP contribution is -2.31. The maximum absolute atomic E-state index is 10.4. The topological polar surface area (TPSA) is 33.1 Å². The average molecular weight is 303 g/mol. The van der Waals surface area contributed by atoms with Crippen molar-refractivity contribution in [3.63, 3.8) is 0 Å². The van der Waals surface area contributed by atoms with Crippen LogP contribution in [0.3, 0.4) is 0 Å². The molecule has 0 saturated heterocycles. The molecule has 0 aromatic carbocycles. The van der Waals surface area contributed by atoms with E-state index >= 15 is 0 Å². The first kappa shape index (κ1) is 10.4. The maximum atomic E-state index is 10.4. The molecule has 0 saturated carbocycles. The van der Waals surface area contributed by atoms with Gasteiger partial charge in [-0.3, -0.25) is 0 Å². The molecule has 1 aliphatic rings. The second-order valence-electron chi connectivity index (χ2n) is 3.88. The molecule has 2 rings (SSSR count). The number of rotatable bonds is 1. The van der Waals surface area contributed by atoms with Gasteiger partial charge in [-0.1, -0.05) is 13.0 Å². The van der Waals surface area contributed by atoms with Crippen LogP contribution in [-0.2, 0) is 12.0 Å². The summed E-state index contributed by atoms with van der Waals surface area (Å²) in [4.78, 5) is 4.47. The van der Waals surface area contributed by atoms with Crippen molar-refractivity contribution in [2.45, 2.75) is 38.2 Å². The Bertz CT molecular complexity index is 353.